The van der Waals surface area contributed by atoms with Gasteiger partial charge >= 0.3 is 0 Å². The van der Waals surface area contributed by atoms with E-state index >= 15 is 0 Å². The van der Waals surface area contributed by atoms with Crippen LogP contribution in [0.5, 0.6) is 5.75 Å². The average Bonchev–Trinajstić information content (AvgIpc) is 2.52. The second-order valence-electron chi connectivity index (χ2n) is 4.65. The van der Waals surface area contributed by atoms with Gasteiger partial charge in [0.25, 0.3) is 0 Å². The zero-order valence-electron chi connectivity index (χ0n) is 12.5. The van der Waals surface area contributed by atoms with Gasteiger partial charge in [0.05, 0.1) is 19.3 Å². The SMILES string of the molecule is COc1ccc(CNC(C)C(CO)SC)cc1/C(N)=N/O. The molecule has 6 nitrogen and oxygen atoms in total. The zero-order chi connectivity index (χ0) is 15.8. The Morgan fingerprint density at radius 3 is 2.76 bits per heavy atom. The third-order valence-electron chi connectivity index (χ3n) is 3.32. The summed E-state index contributed by atoms with van der Waals surface area (Å²) in [7, 11) is 1.54. The first-order valence-corrected chi connectivity index (χ1v) is 7.88. The van der Waals surface area contributed by atoms with Crippen LogP contribution in [0.25, 0.3) is 0 Å². The van der Waals surface area contributed by atoms with E-state index in [4.69, 9.17) is 15.7 Å². The minimum absolute atomic E-state index is 0.0131. The fraction of sp³-hybridized carbons (Fsp3) is 0.500. The summed E-state index contributed by atoms with van der Waals surface area (Å²) >= 11 is 1.63. The summed E-state index contributed by atoms with van der Waals surface area (Å²) in [6.07, 6.45) is 1.98. The van der Waals surface area contributed by atoms with Crippen LogP contribution in [-0.2, 0) is 6.54 Å². The van der Waals surface area contributed by atoms with Crippen molar-refractivity contribution in [3.63, 3.8) is 0 Å². The summed E-state index contributed by atoms with van der Waals surface area (Å²) in [6.45, 7) is 2.78. The lowest BCUT2D eigenvalue weighted by atomic mass is 10.1. The van der Waals surface area contributed by atoms with Crippen LogP contribution in [0.1, 0.15) is 18.1 Å². The Hall–Kier alpha value is -1.44. The molecule has 1 aromatic rings. The van der Waals surface area contributed by atoms with Crippen LogP contribution in [0.2, 0.25) is 0 Å². The van der Waals surface area contributed by atoms with E-state index in [-0.39, 0.29) is 23.7 Å². The van der Waals surface area contributed by atoms with Gasteiger partial charge in [-0.15, -0.1) is 0 Å². The molecule has 2 unspecified atom stereocenters. The normalized spacial score (nSPS) is 14.8. The Morgan fingerprint density at radius 2 is 2.24 bits per heavy atom. The number of hydrogen-bond acceptors (Lipinski definition) is 6. The molecule has 0 spiro atoms. The number of aliphatic hydroxyl groups is 1. The Balaban J connectivity index is 2.81. The molecule has 0 aromatic heterocycles. The quantitative estimate of drug-likeness (QED) is 0.247. The third-order valence-corrected chi connectivity index (χ3v) is 4.48. The van der Waals surface area contributed by atoms with Crippen molar-refractivity contribution in [2.75, 3.05) is 20.0 Å². The molecule has 0 saturated carbocycles. The van der Waals surface area contributed by atoms with Crippen LogP contribution < -0.4 is 15.8 Å². The number of amidine groups is 1. The number of methoxy groups -OCH3 is 1. The third kappa shape index (κ3) is 4.80. The summed E-state index contributed by atoms with van der Waals surface area (Å²) in [4.78, 5) is 0. The number of thioether (sulfide) groups is 1. The van der Waals surface area contributed by atoms with Crippen LogP contribution in [0, 0.1) is 0 Å². The molecule has 0 amide bonds. The Bertz CT molecular complexity index is 479. The average molecular weight is 313 g/mol. The van der Waals surface area contributed by atoms with Crippen LogP contribution in [-0.4, -0.2) is 47.4 Å². The summed E-state index contributed by atoms with van der Waals surface area (Å²) < 4.78 is 5.19. The van der Waals surface area contributed by atoms with Gasteiger partial charge in [-0.3, -0.25) is 0 Å². The number of rotatable bonds is 8. The van der Waals surface area contributed by atoms with Gasteiger partial charge in [-0.25, -0.2) is 0 Å². The molecule has 1 aromatic carbocycles. The topological polar surface area (TPSA) is 100 Å². The molecule has 0 bridgehead atoms. The van der Waals surface area contributed by atoms with E-state index in [2.05, 4.69) is 10.5 Å². The maximum atomic E-state index is 9.27. The molecule has 0 aliphatic rings. The largest absolute Gasteiger partial charge is 0.496 e. The maximum absolute atomic E-state index is 9.27. The lowest BCUT2D eigenvalue weighted by Crippen LogP contribution is -2.37. The molecular weight excluding hydrogens is 290 g/mol. The van der Waals surface area contributed by atoms with Crippen LogP contribution in [0.15, 0.2) is 23.4 Å². The highest BCUT2D eigenvalue weighted by molar-refractivity contribution is 7.99. The van der Waals surface area contributed by atoms with Gasteiger partial charge in [-0.05, 0) is 30.9 Å². The van der Waals surface area contributed by atoms with E-state index in [1.807, 2.05) is 25.3 Å². The molecule has 118 valence electrons. The fourth-order valence-electron chi connectivity index (χ4n) is 1.97. The number of nitrogens with one attached hydrogen (secondary N) is 1. The monoisotopic (exact) mass is 313 g/mol. The predicted molar refractivity (Wildman–Crippen MR) is 86.2 cm³/mol. The van der Waals surface area contributed by atoms with Crippen molar-refractivity contribution in [1.82, 2.24) is 5.32 Å². The Kier molecular flexibility index (Phi) is 7.35. The highest BCUT2D eigenvalue weighted by atomic mass is 32.2. The molecule has 0 heterocycles. The second kappa shape index (κ2) is 8.76. The van der Waals surface area contributed by atoms with Gasteiger partial charge in [0.1, 0.15) is 5.75 Å². The Labute approximate surface area is 129 Å². The number of nitrogens with zero attached hydrogens (tertiary/aromatic N) is 1. The highest BCUT2D eigenvalue weighted by Crippen LogP contribution is 2.20. The summed E-state index contributed by atoms with van der Waals surface area (Å²) in [6, 6.07) is 5.69. The van der Waals surface area contributed by atoms with Gasteiger partial charge in [0, 0.05) is 17.8 Å². The Morgan fingerprint density at radius 1 is 1.52 bits per heavy atom. The first-order chi connectivity index (χ1) is 10.1. The van der Waals surface area contributed by atoms with Crippen molar-refractivity contribution in [3.05, 3.63) is 29.3 Å². The van der Waals surface area contributed by atoms with Crippen molar-refractivity contribution in [3.8, 4) is 5.75 Å². The number of aliphatic hydroxyl groups excluding tert-OH is 1. The predicted octanol–water partition coefficient (Wildman–Crippen LogP) is 0.992. The van der Waals surface area contributed by atoms with Gasteiger partial charge in [-0.2, -0.15) is 11.8 Å². The highest BCUT2D eigenvalue weighted by Gasteiger charge is 2.15. The standard InChI is InChI=1S/C14H23N3O3S/c1-9(13(8-18)21-3)16-7-10-4-5-12(20-2)11(6-10)14(15)17-19/h4-6,9,13,16,18-19H,7-8H2,1-3H3,(H2,15,17). The van der Waals surface area contributed by atoms with E-state index < -0.39 is 0 Å². The first kappa shape index (κ1) is 17.6. The summed E-state index contributed by atoms with van der Waals surface area (Å²) in [5.74, 6) is 0.568. The first-order valence-electron chi connectivity index (χ1n) is 6.59. The van der Waals surface area contributed by atoms with Gasteiger partial charge in [-0.1, -0.05) is 11.2 Å². The van der Waals surface area contributed by atoms with Gasteiger partial charge in [0.15, 0.2) is 5.84 Å². The number of oxime groups is 1. The second-order valence-corrected chi connectivity index (χ2v) is 5.72. The number of hydrogen-bond donors (Lipinski definition) is 4. The number of nitrogens with two attached hydrogens (primary N) is 1. The smallest absolute Gasteiger partial charge is 0.173 e. The number of ether oxygens (including phenoxy) is 1. The van der Waals surface area contributed by atoms with Crippen molar-refractivity contribution < 1.29 is 15.1 Å². The lowest BCUT2D eigenvalue weighted by molar-refractivity contribution is 0.276. The minimum Gasteiger partial charge on any atom is -0.496 e. The molecule has 0 fully saturated rings. The molecule has 0 radical (unpaired) electrons. The molecule has 0 aliphatic carbocycles. The van der Waals surface area contributed by atoms with Crippen molar-refractivity contribution in [2.45, 2.75) is 24.8 Å². The van der Waals surface area contributed by atoms with E-state index in [0.29, 0.717) is 17.9 Å². The number of benzene rings is 1. The van der Waals surface area contributed by atoms with E-state index in [1.54, 1.807) is 17.8 Å². The molecule has 0 saturated heterocycles. The van der Waals surface area contributed by atoms with E-state index in [1.165, 1.54) is 7.11 Å². The zero-order valence-corrected chi connectivity index (χ0v) is 13.4. The van der Waals surface area contributed by atoms with Crippen molar-refractivity contribution in [1.29, 1.82) is 0 Å². The van der Waals surface area contributed by atoms with Crippen molar-refractivity contribution in [2.24, 2.45) is 10.9 Å². The molecule has 21 heavy (non-hydrogen) atoms. The van der Waals surface area contributed by atoms with Crippen LogP contribution in [0.4, 0.5) is 0 Å². The summed E-state index contributed by atoms with van der Waals surface area (Å²) in [5, 5.41) is 24.6. The maximum Gasteiger partial charge on any atom is 0.173 e. The molecule has 1 rings (SSSR count). The molecular formula is C14H23N3O3S. The molecule has 5 N–H and O–H groups in total. The van der Waals surface area contributed by atoms with Crippen LogP contribution >= 0.6 is 11.8 Å². The summed E-state index contributed by atoms with van der Waals surface area (Å²) in [5.41, 5.74) is 7.19. The molecule has 7 heteroatoms. The van der Waals surface area contributed by atoms with E-state index in [0.717, 1.165) is 5.56 Å². The minimum atomic E-state index is 0.0131. The van der Waals surface area contributed by atoms with E-state index in [9.17, 15) is 5.11 Å². The van der Waals surface area contributed by atoms with Crippen molar-refractivity contribution >= 4 is 17.6 Å². The van der Waals surface area contributed by atoms with Gasteiger partial charge < -0.3 is 26.1 Å². The molecule has 2 atom stereocenters. The lowest BCUT2D eigenvalue weighted by Gasteiger charge is -2.21. The fourth-order valence-corrected chi connectivity index (χ4v) is 2.62. The molecule has 0 aliphatic heterocycles. The van der Waals surface area contributed by atoms with Crippen LogP contribution in [0.3, 0.4) is 0 Å². The van der Waals surface area contributed by atoms with Gasteiger partial charge in [0.2, 0.25) is 0 Å².